The number of aliphatic hydroxyl groups excluding tert-OH is 1. The molecule has 2 aliphatic rings. The Morgan fingerprint density at radius 3 is 2.77 bits per heavy atom. The Morgan fingerprint density at radius 1 is 1.18 bits per heavy atom. The van der Waals surface area contributed by atoms with E-state index >= 15 is 0 Å². The molecule has 0 bridgehead atoms. The summed E-state index contributed by atoms with van der Waals surface area (Å²) in [4.78, 5) is 4.36. The van der Waals surface area contributed by atoms with Gasteiger partial charge in [-0.25, -0.2) is 4.98 Å². The van der Waals surface area contributed by atoms with Crippen molar-refractivity contribution in [3.8, 4) is 11.3 Å². The number of aliphatic hydroxyl groups is 1. The van der Waals surface area contributed by atoms with Crippen LogP contribution in [-0.2, 0) is 0 Å². The van der Waals surface area contributed by atoms with Crippen LogP contribution in [0.1, 0.15) is 51.6 Å². The molecule has 22 heavy (non-hydrogen) atoms. The van der Waals surface area contributed by atoms with E-state index in [0.29, 0.717) is 0 Å². The predicted molar refractivity (Wildman–Crippen MR) is 87.5 cm³/mol. The van der Waals surface area contributed by atoms with Gasteiger partial charge in [-0.05, 0) is 23.8 Å². The molecule has 2 aromatic rings. The largest absolute Gasteiger partial charge is 0.392 e. The zero-order valence-electron chi connectivity index (χ0n) is 13.6. The van der Waals surface area contributed by atoms with Crippen molar-refractivity contribution in [3.05, 3.63) is 42.4 Å². The lowest BCUT2D eigenvalue weighted by Crippen LogP contribution is -2.50. The van der Waals surface area contributed by atoms with Gasteiger partial charge in [-0.3, -0.25) is 0 Å². The van der Waals surface area contributed by atoms with E-state index in [9.17, 15) is 5.11 Å². The lowest BCUT2D eigenvalue weighted by atomic mass is 9.58. The van der Waals surface area contributed by atoms with Crippen molar-refractivity contribution in [3.63, 3.8) is 0 Å². The summed E-state index contributed by atoms with van der Waals surface area (Å²) in [6, 6.07) is 8.76. The third kappa shape index (κ3) is 1.69. The van der Waals surface area contributed by atoms with Gasteiger partial charge >= 0.3 is 0 Å². The molecule has 2 heterocycles. The Labute approximate surface area is 132 Å². The number of rotatable bonds is 1. The van der Waals surface area contributed by atoms with Gasteiger partial charge in [0.2, 0.25) is 0 Å². The summed E-state index contributed by atoms with van der Waals surface area (Å²) in [6.07, 6.45) is 6.87. The molecule has 3 heteroatoms. The van der Waals surface area contributed by atoms with Crippen LogP contribution in [-0.4, -0.2) is 20.8 Å². The number of fused-ring (bicyclic) bond motifs is 3. The maximum atomic E-state index is 11.2. The maximum absolute atomic E-state index is 11.2. The Kier molecular flexibility index (Phi) is 2.83. The minimum absolute atomic E-state index is 0.0364. The van der Waals surface area contributed by atoms with Crippen molar-refractivity contribution in [2.24, 2.45) is 10.8 Å². The first kappa shape index (κ1) is 14.0. The van der Waals surface area contributed by atoms with Crippen LogP contribution in [0.2, 0.25) is 0 Å². The second kappa shape index (κ2) is 4.45. The van der Waals surface area contributed by atoms with Crippen LogP contribution in [0.25, 0.3) is 11.3 Å². The molecule has 0 amide bonds. The van der Waals surface area contributed by atoms with Crippen LogP contribution in [0.3, 0.4) is 0 Å². The Balaban J connectivity index is 1.89. The molecule has 116 valence electrons. The van der Waals surface area contributed by atoms with E-state index in [1.807, 2.05) is 12.5 Å². The van der Waals surface area contributed by atoms with E-state index < -0.39 is 0 Å². The van der Waals surface area contributed by atoms with E-state index in [2.05, 4.69) is 54.6 Å². The van der Waals surface area contributed by atoms with Crippen molar-refractivity contribution in [2.45, 2.75) is 52.2 Å². The number of hydrogen-bond donors (Lipinski definition) is 1. The molecule has 1 aromatic heterocycles. The first-order valence-corrected chi connectivity index (χ1v) is 8.24. The van der Waals surface area contributed by atoms with Gasteiger partial charge in [-0.15, -0.1) is 0 Å². The first-order valence-electron chi connectivity index (χ1n) is 8.24. The van der Waals surface area contributed by atoms with E-state index in [-0.39, 0.29) is 23.0 Å². The lowest BCUT2D eigenvalue weighted by Gasteiger charge is -2.51. The molecule has 1 saturated carbocycles. The van der Waals surface area contributed by atoms with Crippen molar-refractivity contribution < 1.29 is 5.11 Å². The SMILES string of the molecule is CC1(C)CCC[C@@](C)(C2c3ccccc3-c3cncn32)[C@H]1O. The highest BCUT2D eigenvalue weighted by Gasteiger charge is 2.53. The van der Waals surface area contributed by atoms with Gasteiger partial charge in [-0.2, -0.15) is 0 Å². The van der Waals surface area contributed by atoms with Gasteiger partial charge < -0.3 is 9.67 Å². The van der Waals surface area contributed by atoms with E-state index in [0.717, 1.165) is 12.8 Å². The molecule has 3 atom stereocenters. The zero-order chi connectivity index (χ0) is 15.5. The van der Waals surface area contributed by atoms with Crippen molar-refractivity contribution in [1.29, 1.82) is 0 Å². The summed E-state index contributed by atoms with van der Waals surface area (Å²) < 4.78 is 2.27. The number of hydrogen-bond acceptors (Lipinski definition) is 2. The fraction of sp³-hybridized carbons (Fsp3) is 0.526. The molecule has 1 N–H and O–H groups in total. The summed E-state index contributed by atoms with van der Waals surface area (Å²) in [6.45, 7) is 6.66. The zero-order valence-corrected chi connectivity index (χ0v) is 13.6. The van der Waals surface area contributed by atoms with Crippen LogP contribution >= 0.6 is 0 Å². The van der Waals surface area contributed by atoms with Gasteiger partial charge in [0.15, 0.2) is 0 Å². The van der Waals surface area contributed by atoms with Crippen molar-refractivity contribution in [1.82, 2.24) is 9.55 Å². The average molecular weight is 296 g/mol. The summed E-state index contributed by atoms with van der Waals surface area (Å²) >= 11 is 0. The number of nitrogens with zero attached hydrogens (tertiary/aromatic N) is 2. The summed E-state index contributed by atoms with van der Waals surface area (Å²) in [7, 11) is 0. The van der Waals surface area contributed by atoms with Crippen LogP contribution in [0.4, 0.5) is 0 Å². The molecule has 4 rings (SSSR count). The first-order chi connectivity index (χ1) is 10.5. The molecular formula is C19H24N2O. The summed E-state index contributed by atoms with van der Waals surface area (Å²) in [5, 5.41) is 11.2. The summed E-state index contributed by atoms with van der Waals surface area (Å²) in [5.74, 6) is 0. The third-order valence-corrected chi connectivity index (χ3v) is 6.00. The molecule has 1 fully saturated rings. The fourth-order valence-electron chi connectivity index (χ4n) is 4.89. The predicted octanol–water partition coefficient (Wildman–Crippen LogP) is 4.03. The van der Waals surface area contributed by atoms with Gasteiger partial charge in [0, 0.05) is 11.0 Å². The highest BCUT2D eigenvalue weighted by atomic mass is 16.3. The molecule has 0 spiro atoms. The monoisotopic (exact) mass is 296 g/mol. The quantitative estimate of drug-likeness (QED) is 0.862. The molecule has 1 aliphatic heterocycles. The standard InChI is InChI=1S/C19H24N2O/c1-18(2)9-6-10-19(3,17(18)22)16-14-8-5-4-7-13(14)15-11-20-12-21(15)16/h4-5,7-8,11-12,16-17,22H,6,9-10H2,1-3H3/t16?,17-,19-/m0/s1. The van der Waals surface area contributed by atoms with Crippen molar-refractivity contribution in [2.75, 3.05) is 0 Å². The Bertz CT molecular complexity index is 718. The van der Waals surface area contributed by atoms with Gasteiger partial charge in [-0.1, -0.05) is 51.5 Å². The Hall–Kier alpha value is -1.61. The van der Waals surface area contributed by atoms with Crippen molar-refractivity contribution >= 4 is 0 Å². The fourth-order valence-corrected chi connectivity index (χ4v) is 4.89. The molecule has 1 aromatic carbocycles. The normalized spacial score (nSPS) is 32.5. The minimum atomic E-state index is -0.319. The molecule has 1 unspecified atom stereocenters. The second-order valence-corrected chi connectivity index (χ2v) is 7.93. The highest BCUT2D eigenvalue weighted by Crippen LogP contribution is 2.57. The van der Waals surface area contributed by atoms with Crippen LogP contribution < -0.4 is 0 Å². The topological polar surface area (TPSA) is 38.0 Å². The van der Waals surface area contributed by atoms with Gasteiger partial charge in [0.25, 0.3) is 0 Å². The maximum Gasteiger partial charge on any atom is 0.0956 e. The minimum Gasteiger partial charge on any atom is -0.392 e. The summed E-state index contributed by atoms with van der Waals surface area (Å²) in [5.41, 5.74) is 3.58. The molecule has 3 nitrogen and oxygen atoms in total. The van der Waals surface area contributed by atoms with Crippen LogP contribution in [0.5, 0.6) is 0 Å². The van der Waals surface area contributed by atoms with E-state index in [1.165, 1.54) is 23.2 Å². The van der Waals surface area contributed by atoms with Gasteiger partial charge in [0.05, 0.1) is 30.4 Å². The highest BCUT2D eigenvalue weighted by molar-refractivity contribution is 5.69. The van der Waals surface area contributed by atoms with E-state index in [1.54, 1.807) is 0 Å². The molecular weight excluding hydrogens is 272 g/mol. The molecule has 0 saturated heterocycles. The number of benzene rings is 1. The second-order valence-electron chi connectivity index (χ2n) is 7.93. The van der Waals surface area contributed by atoms with E-state index in [4.69, 9.17) is 0 Å². The molecule has 0 radical (unpaired) electrons. The number of aromatic nitrogens is 2. The Morgan fingerprint density at radius 2 is 1.95 bits per heavy atom. The lowest BCUT2D eigenvalue weighted by molar-refractivity contribution is -0.100. The smallest absolute Gasteiger partial charge is 0.0956 e. The molecule has 1 aliphatic carbocycles. The number of imidazole rings is 1. The third-order valence-electron chi connectivity index (χ3n) is 6.00. The van der Waals surface area contributed by atoms with Crippen LogP contribution in [0, 0.1) is 10.8 Å². The van der Waals surface area contributed by atoms with Crippen LogP contribution in [0.15, 0.2) is 36.8 Å². The van der Waals surface area contributed by atoms with Gasteiger partial charge in [0.1, 0.15) is 0 Å². The average Bonchev–Trinajstić information content (AvgIpc) is 3.04.